The van der Waals surface area contributed by atoms with Crippen LogP contribution in [0.4, 0.5) is 0 Å². The number of ether oxygens (including phenoxy) is 1. The van der Waals surface area contributed by atoms with Gasteiger partial charge in [0.05, 0.1) is 16.7 Å². The zero-order chi connectivity index (χ0) is 13.9. The Bertz CT molecular complexity index is 786. The zero-order valence-electron chi connectivity index (χ0n) is 10.4. The fraction of sp³-hybridized carbons (Fsp3) is 0. The van der Waals surface area contributed by atoms with Crippen LogP contribution in [0.15, 0.2) is 54.7 Å². The summed E-state index contributed by atoms with van der Waals surface area (Å²) in [6.07, 6.45) is 2.39. The third-order valence-electron chi connectivity index (χ3n) is 2.89. The number of carbonyl (C=O) groups excluding carboxylic acids is 1. The monoisotopic (exact) mass is 283 g/mol. The zero-order valence-corrected chi connectivity index (χ0v) is 11.2. The Hall–Kier alpha value is -2.39. The van der Waals surface area contributed by atoms with Gasteiger partial charge in [0, 0.05) is 10.9 Å². The summed E-state index contributed by atoms with van der Waals surface area (Å²) < 4.78 is 5.71. The van der Waals surface area contributed by atoms with Crippen LogP contribution < -0.4 is 4.74 Å². The van der Waals surface area contributed by atoms with Gasteiger partial charge in [-0.25, -0.2) is 0 Å². The molecule has 0 saturated heterocycles. The normalized spacial score (nSPS) is 10.4. The second kappa shape index (κ2) is 5.31. The lowest BCUT2D eigenvalue weighted by atomic mass is 10.2. The standard InChI is InChI=1S/C16H10ClNO2/c17-14-7-11(10-19)5-6-16(14)20-13-8-12-3-1-2-4-15(12)18-9-13/h1-10H. The van der Waals surface area contributed by atoms with Gasteiger partial charge in [-0.15, -0.1) is 0 Å². The maximum atomic E-state index is 10.7. The minimum absolute atomic E-state index is 0.391. The van der Waals surface area contributed by atoms with Crippen LogP contribution in [0, 0.1) is 0 Å². The largest absolute Gasteiger partial charge is 0.454 e. The number of carbonyl (C=O) groups is 1. The molecule has 2 aromatic carbocycles. The number of hydrogen-bond donors (Lipinski definition) is 0. The molecule has 1 heterocycles. The van der Waals surface area contributed by atoms with Crippen LogP contribution in [0.1, 0.15) is 10.4 Å². The van der Waals surface area contributed by atoms with E-state index in [9.17, 15) is 4.79 Å². The molecule has 0 aliphatic rings. The topological polar surface area (TPSA) is 39.2 Å². The average molecular weight is 284 g/mol. The number of para-hydroxylation sites is 1. The average Bonchev–Trinajstić information content (AvgIpc) is 2.49. The number of rotatable bonds is 3. The number of aldehydes is 1. The molecule has 0 atom stereocenters. The van der Waals surface area contributed by atoms with Crippen LogP contribution in [0.5, 0.6) is 11.5 Å². The van der Waals surface area contributed by atoms with E-state index in [0.717, 1.165) is 17.2 Å². The van der Waals surface area contributed by atoms with E-state index < -0.39 is 0 Å². The van der Waals surface area contributed by atoms with Crippen molar-refractivity contribution in [3.05, 3.63) is 65.3 Å². The molecular weight excluding hydrogens is 274 g/mol. The van der Waals surface area contributed by atoms with Crippen LogP contribution in [-0.4, -0.2) is 11.3 Å². The van der Waals surface area contributed by atoms with E-state index in [1.165, 1.54) is 0 Å². The Labute approximate surface area is 120 Å². The van der Waals surface area contributed by atoms with Crippen LogP contribution in [0.3, 0.4) is 0 Å². The fourth-order valence-corrected chi connectivity index (χ4v) is 2.13. The molecule has 0 aliphatic carbocycles. The first kappa shape index (κ1) is 12.6. The molecule has 0 spiro atoms. The summed E-state index contributed by atoms with van der Waals surface area (Å²) in [5, 5.41) is 1.38. The van der Waals surface area contributed by atoms with Gasteiger partial charge in [0.1, 0.15) is 17.8 Å². The minimum atomic E-state index is 0.391. The molecule has 0 unspecified atom stereocenters. The molecule has 3 aromatic rings. The van der Waals surface area contributed by atoms with Gasteiger partial charge < -0.3 is 4.74 Å². The van der Waals surface area contributed by atoms with Gasteiger partial charge in [-0.1, -0.05) is 29.8 Å². The van der Waals surface area contributed by atoms with Crippen molar-refractivity contribution in [1.29, 1.82) is 0 Å². The van der Waals surface area contributed by atoms with Gasteiger partial charge in [-0.2, -0.15) is 0 Å². The van der Waals surface area contributed by atoms with Crippen molar-refractivity contribution < 1.29 is 9.53 Å². The molecule has 0 radical (unpaired) electrons. The van der Waals surface area contributed by atoms with Crippen molar-refractivity contribution in [2.75, 3.05) is 0 Å². The van der Waals surface area contributed by atoms with Crippen molar-refractivity contribution in [2.45, 2.75) is 0 Å². The highest BCUT2D eigenvalue weighted by atomic mass is 35.5. The van der Waals surface area contributed by atoms with Crippen molar-refractivity contribution >= 4 is 28.8 Å². The molecule has 3 nitrogen and oxygen atoms in total. The second-order valence-corrected chi connectivity index (χ2v) is 4.68. The van der Waals surface area contributed by atoms with Gasteiger partial charge in [-0.3, -0.25) is 9.78 Å². The number of hydrogen-bond acceptors (Lipinski definition) is 3. The quantitative estimate of drug-likeness (QED) is 0.665. The second-order valence-electron chi connectivity index (χ2n) is 4.27. The van der Waals surface area contributed by atoms with Gasteiger partial charge in [0.15, 0.2) is 0 Å². The summed E-state index contributed by atoms with van der Waals surface area (Å²) in [5.74, 6) is 1.10. The first-order valence-corrected chi connectivity index (χ1v) is 6.41. The minimum Gasteiger partial charge on any atom is -0.454 e. The summed E-state index contributed by atoms with van der Waals surface area (Å²) in [7, 11) is 0. The molecule has 0 fully saturated rings. The number of halogens is 1. The number of fused-ring (bicyclic) bond motifs is 1. The van der Waals surface area contributed by atoms with E-state index in [1.807, 2.05) is 30.3 Å². The summed E-state index contributed by atoms with van der Waals surface area (Å²) >= 11 is 6.07. The molecule has 20 heavy (non-hydrogen) atoms. The van der Waals surface area contributed by atoms with Crippen LogP contribution in [-0.2, 0) is 0 Å². The van der Waals surface area contributed by atoms with Gasteiger partial charge >= 0.3 is 0 Å². The molecule has 0 saturated carbocycles. The SMILES string of the molecule is O=Cc1ccc(Oc2cnc3ccccc3c2)c(Cl)c1. The fourth-order valence-electron chi connectivity index (χ4n) is 1.91. The molecule has 1 aromatic heterocycles. The Morgan fingerprint density at radius 1 is 1.10 bits per heavy atom. The summed E-state index contributed by atoms with van der Waals surface area (Å²) in [4.78, 5) is 15.0. The highest BCUT2D eigenvalue weighted by Gasteiger charge is 2.05. The molecule has 0 bridgehead atoms. The summed E-state index contributed by atoms with van der Waals surface area (Å²) in [6.45, 7) is 0. The van der Waals surface area contributed by atoms with E-state index in [0.29, 0.717) is 22.1 Å². The van der Waals surface area contributed by atoms with E-state index >= 15 is 0 Å². The molecule has 3 rings (SSSR count). The Balaban J connectivity index is 1.94. The number of nitrogens with zero attached hydrogens (tertiary/aromatic N) is 1. The van der Waals surface area contributed by atoms with Crippen molar-refractivity contribution in [3.63, 3.8) is 0 Å². The Morgan fingerprint density at radius 2 is 1.95 bits per heavy atom. The maximum absolute atomic E-state index is 10.7. The van der Waals surface area contributed by atoms with E-state index in [2.05, 4.69) is 4.98 Å². The molecule has 4 heteroatoms. The third-order valence-corrected chi connectivity index (χ3v) is 3.18. The van der Waals surface area contributed by atoms with Crippen LogP contribution in [0.25, 0.3) is 10.9 Å². The highest BCUT2D eigenvalue weighted by molar-refractivity contribution is 6.32. The first-order chi connectivity index (χ1) is 9.76. The van der Waals surface area contributed by atoms with Crippen LogP contribution >= 0.6 is 11.6 Å². The molecule has 98 valence electrons. The van der Waals surface area contributed by atoms with Gasteiger partial charge in [0.25, 0.3) is 0 Å². The van der Waals surface area contributed by atoms with Gasteiger partial charge in [-0.05, 0) is 30.3 Å². The smallest absolute Gasteiger partial charge is 0.150 e. The summed E-state index contributed by atoms with van der Waals surface area (Å²) in [6, 6.07) is 14.6. The van der Waals surface area contributed by atoms with E-state index in [1.54, 1.807) is 24.4 Å². The summed E-state index contributed by atoms with van der Waals surface area (Å²) in [5.41, 5.74) is 1.42. The molecule has 0 amide bonds. The number of benzene rings is 2. The lowest BCUT2D eigenvalue weighted by Gasteiger charge is -2.08. The number of pyridine rings is 1. The third kappa shape index (κ3) is 2.49. The molecular formula is C16H10ClNO2. The lowest BCUT2D eigenvalue weighted by molar-refractivity contribution is 0.112. The van der Waals surface area contributed by atoms with Crippen LogP contribution in [0.2, 0.25) is 5.02 Å². The predicted molar refractivity (Wildman–Crippen MR) is 78.7 cm³/mol. The Morgan fingerprint density at radius 3 is 2.75 bits per heavy atom. The predicted octanol–water partition coefficient (Wildman–Crippen LogP) is 4.49. The van der Waals surface area contributed by atoms with E-state index in [-0.39, 0.29) is 0 Å². The van der Waals surface area contributed by atoms with Crippen molar-refractivity contribution in [2.24, 2.45) is 0 Å². The maximum Gasteiger partial charge on any atom is 0.150 e. The van der Waals surface area contributed by atoms with Crippen molar-refractivity contribution in [1.82, 2.24) is 4.98 Å². The molecule has 0 aliphatic heterocycles. The number of aromatic nitrogens is 1. The Kier molecular flexibility index (Phi) is 3.35. The lowest BCUT2D eigenvalue weighted by Crippen LogP contribution is -1.89. The van der Waals surface area contributed by atoms with Crippen molar-refractivity contribution in [3.8, 4) is 11.5 Å². The van der Waals surface area contributed by atoms with Gasteiger partial charge in [0.2, 0.25) is 0 Å². The highest BCUT2D eigenvalue weighted by Crippen LogP contribution is 2.30. The molecule has 0 N–H and O–H groups in total. The first-order valence-electron chi connectivity index (χ1n) is 6.03. The van der Waals surface area contributed by atoms with E-state index in [4.69, 9.17) is 16.3 Å².